The highest BCUT2D eigenvalue weighted by molar-refractivity contribution is 5.61. The molecule has 0 unspecified atom stereocenters. The minimum atomic E-state index is -0.209. The van der Waals surface area contributed by atoms with Crippen LogP contribution in [0.15, 0.2) is 18.2 Å². The highest BCUT2D eigenvalue weighted by Crippen LogP contribution is 2.29. The summed E-state index contributed by atoms with van der Waals surface area (Å²) in [7, 11) is 0. The summed E-state index contributed by atoms with van der Waals surface area (Å²) in [4.78, 5) is 9.28. The minimum Gasteiger partial charge on any atom is -0.370 e. The molecular weight excluding hydrogens is 265 g/mol. The lowest BCUT2D eigenvalue weighted by atomic mass is 10.1. The summed E-state index contributed by atoms with van der Waals surface area (Å²) in [5.74, 6) is 1.34. The summed E-state index contributed by atoms with van der Waals surface area (Å²) < 4.78 is 13.8. The molecule has 0 saturated heterocycles. The highest BCUT2D eigenvalue weighted by atomic mass is 19.1. The fraction of sp³-hybridized carbons (Fsp3) is 0.412. The summed E-state index contributed by atoms with van der Waals surface area (Å²) in [6, 6.07) is 5.19. The van der Waals surface area contributed by atoms with Gasteiger partial charge in [0.15, 0.2) is 5.82 Å². The molecule has 1 aromatic carbocycles. The van der Waals surface area contributed by atoms with E-state index in [0.717, 1.165) is 49.3 Å². The second-order valence-corrected chi connectivity index (χ2v) is 5.57. The molecule has 2 aromatic rings. The van der Waals surface area contributed by atoms with Gasteiger partial charge in [-0.25, -0.2) is 14.4 Å². The first-order valence-electron chi connectivity index (χ1n) is 7.59. The molecule has 4 heteroatoms. The number of aromatic nitrogens is 2. The predicted molar refractivity (Wildman–Crippen MR) is 83.0 cm³/mol. The maximum absolute atomic E-state index is 13.8. The van der Waals surface area contributed by atoms with Gasteiger partial charge in [0.2, 0.25) is 0 Å². The smallest absolute Gasteiger partial charge is 0.161 e. The van der Waals surface area contributed by atoms with Crippen molar-refractivity contribution in [3.63, 3.8) is 0 Å². The van der Waals surface area contributed by atoms with E-state index in [1.165, 1.54) is 11.6 Å². The van der Waals surface area contributed by atoms with Crippen LogP contribution in [0.25, 0.3) is 11.4 Å². The molecule has 1 aliphatic rings. The zero-order valence-electron chi connectivity index (χ0n) is 12.5. The van der Waals surface area contributed by atoms with Crippen LogP contribution in [0.4, 0.5) is 10.2 Å². The second-order valence-electron chi connectivity index (χ2n) is 5.57. The highest BCUT2D eigenvalue weighted by Gasteiger charge is 2.19. The first-order chi connectivity index (χ1) is 10.2. The van der Waals surface area contributed by atoms with Gasteiger partial charge in [0, 0.05) is 23.4 Å². The van der Waals surface area contributed by atoms with E-state index in [-0.39, 0.29) is 5.82 Å². The lowest BCUT2D eigenvalue weighted by Crippen LogP contribution is -2.08. The molecule has 1 N–H and O–H groups in total. The fourth-order valence-corrected chi connectivity index (χ4v) is 2.68. The minimum absolute atomic E-state index is 0.209. The number of fused-ring (bicyclic) bond motifs is 1. The molecule has 0 aliphatic heterocycles. The molecule has 1 heterocycles. The van der Waals surface area contributed by atoms with Crippen molar-refractivity contribution in [1.29, 1.82) is 0 Å². The van der Waals surface area contributed by atoms with Crippen LogP contribution in [0.2, 0.25) is 0 Å². The fourth-order valence-electron chi connectivity index (χ4n) is 2.68. The molecule has 3 rings (SSSR count). The topological polar surface area (TPSA) is 37.8 Å². The van der Waals surface area contributed by atoms with E-state index in [1.54, 1.807) is 13.0 Å². The van der Waals surface area contributed by atoms with E-state index in [1.807, 2.05) is 6.07 Å². The van der Waals surface area contributed by atoms with E-state index in [9.17, 15) is 4.39 Å². The van der Waals surface area contributed by atoms with Crippen LogP contribution in [0.5, 0.6) is 0 Å². The van der Waals surface area contributed by atoms with Gasteiger partial charge < -0.3 is 5.32 Å². The van der Waals surface area contributed by atoms with Crippen LogP contribution in [0, 0.1) is 12.7 Å². The van der Waals surface area contributed by atoms with Crippen molar-refractivity contribution in [1.82, 2.24) is 9.97 Å². The van der Waals surface area contributed by atoms with Crippen LogP contribution in [0.3, 0.4) is 0 Å². The number of hydrogen-bond acceptors (Lipinski definition) is 3. The van der Waals surface area contributed by atoms with Crippen molar-refractivity contribution in [2.45, 2.75) is 39.5 Å². The number of aryl methyl sites for hydroxylation is 2. The van der Waals surface area contributed by atoms with Gasteiger partial charge in [-0.05, 0) is 44.2 Å². The quantitative estimate of drug-likeness (QED) is 0.925. The third-order valence-electron chi connectivity index (χ3n) is 3.91. The molecular formula is C17H20FN3. The predicted octanol–water partition coefficient (Wildman–Crippen LogP) is 3.90. The van der Waals surface area contributed by atoms with Gasteiger partial charge in [0.25, 0.3) is 0 Å². The van der Waals surface area contributed by atoms with Gasteiger partial charge in [-0.3, -0.25) is 0 Å². The van der Waals surface area contributed by atoms with E-state index in [4.69, 9.17) is 0 Å². The molecule has 1 aromatic heterocycles. The molecule has 1 aliphatic carbocycles. The first-order valence-corrected chi connectivity index (χ1v) is 7.59. The average molecular weight is 285 g/mol. The molecule has 0 saturated carbocycles. The number of hydrogen-bond donors (Lipinski definition) is 1. The van der Waals surface area contributed by atoms with E-state index in [0.29, 0.717) is 11.4 Å². The normalized spacial score (nSPS) is 13.3. The Morgan fingerprint density at radius 2 is 2.10 bits per heavy atom. The van der Waals surface area contributed by atoms with Crippen LogP contribution in [-0.4, -0.2) is 16.5 Å². The van der Waals surface area contributed by atoms with Crippen LogP contribution in [-0.2, 0) is 12.8 Å². The van der Waals surface area contributed by atoms with Crippen molar-refractivity contribution in [2.24, 2.45) is 0 Å². The number of nitrogens with one attached hydrogen (secondary N) is 1. The summed E-state index contributed by atoms with van der Waals surface area (Å²) in [6.45, 7) is 4.78. The number of anilines is 1. The van der Waals surface area contributed by atoms with Crippen LogP contribution in [0.1, 0.15) is 36.6 Å². The summed E-state index contributed by atoms with van der Waals surface area (Å²) in [5.41, 5.74) is 3.73. The van der Waals surface area contributed by atoms with E-state index < -0.39 is 0 Å². The Bertz CT molecular complexity index is 667. The third-order valence-corrected chi connectivity index (χ3v) is 3.91. The van der Waals surface area contributed by atoms with Gasteiger partial charge in [0.1, 0.15) is 11.6 Å². The number of nitrogens with zero attached hydrogens (tertiary/aromatic N) is 2. The standard InChI is InChI=1S/C17H20FN3/c1-3-9-19-17-13-5-4-6-15(13)20-16(21-17)12-8-7-11(2)14(18)10-12/h7-8,10H,3-6,9H2,1-2H3,(H,19,20,21). The van der Waals surface area contributed by atoms with Crippen molar-refractivity contribution >= 4 is 5.82 Å². The Morgan fingerprint density at radius 3 is 2.86 bits per heavy atom. The van der Waals surface area contributed by atoms with Crippen molar-refractivity contribution < 1.29 is 4.39 Å². The molecule has 3 nitrogen and oxygen atoms in total. The molecule has 0 bridgehead atoms. The second kappa shape index (κ2) is 5.80. The molecule has 21 heavy (non-hydrogen) atoms. The van der Waals surface area contributed by atoms with Crippen LogP contribution < -0.4 is 5.32 Å². The van der Waals surface area contributed by atoms with Gasteiger partial charge in [-0.1, -0.05) is 19.1 Å². The zero-order valence-corrected chi connectivity index (χ0v) is 12.5. The average Bonchev–Trinajstić information content (AvgIpc) is 2.96. The third kappa shape index (κ3) is 2.75. The zero-order chi connectivity index (χ0) is 14.8. The SMILES string of the molecule is CCCNc1nc(-c2ccc(C)c(F)c2)nc2c1CCC2. The number of benzene rings is 1. The molecule has 0 amide bonds. The van der Waals surface area contributed by atoms with Crippen molar-refractivity contribution in [3.05, 3.63) is 40.8 Å². The molecule has 0 fully saturated rings. The Labute approximate surface area is 124 Å². The van der Waals surface area contributed by atoms with Gasteiger partial charge in [0.05, 0.1) is 0 Å². The Hall–Kier alpha value is -1.97. The first kappa shape index (κ1) is 14.0. The molecule has 0 spiro atoms. The maximum atomic E-state index is 13.8. The van der Waals surface area contributed by atoms with Gasteiger partial charge in [-0.15, -0.1) is 0 Å². The lowest BCUT2D eigenvalue weighted by molar-refractivity contribution is 0.619. The Balaban J connectivity index is 2.04. The van der Waals surface area contributed by atoms with Crippen LogP contribution >= 0.6 is 0 Å². The largest absolute Gasteiger partial charge is 0.370 e. The summed E-state index contributed by atoms with van der Waals surface area (Å²) >= 11 is 0. The molecule has 0 atom stereocenters. The van der Waals surface area contributed by atoms with Crippen molar-refractivity contribution in [2.75, 3.05) is 11.9 Å². The molecule has 110 valence electrons. The summed E-state index contributed by atoms with van der Waals surface area (Å²) in [6.07, 6.45) is 4.19. The number of halogens is 1. The van der Waals surface area contributed by atoms with E-state index >= 15 is 0 Å². The van der Waals surface area contributed by atoms with Gasteiger partial charge >= 0.3 is 0 Å². The van der Waals surface area contributed by atoms with E-state index in [2.05, 4.69) is 22.2 Å². The van der Waals surface area contributed by atoms with Gasteiger partial charge in [-0.2, -0.15) is 0 Å². The molecule has 0 radical (unpaired) electrons. The lowest BCUT2D eigenvalue weighted by Gasteiger charge is -2.12. The van der Waals surface area contributed by atoms with Crippen molar-refractivity contribution in [3.8, 4) is 11.4 Å². The Morgan fingerprint density at radius 1 is 1.24 bits per heavy atom. The monoisotopic (exact) mass is 285 g/mol. The summed E-state index contributed by atoms with van der Waals surface area (Å²) in [5, 5.41) is 3.39. The maximum Gasteiger partial charge on any atom is 0.161 e. The number of rotatable bonds is 4. The Kier molecular flexibility index (Phi) is 3.86.